The van der Waals surface area contributed by atoms with Gasteiger partial charge >= 0.3 is 12.0 Å². The molecule has 0 bridgehead atoms. The standard InChI is InChI=1S/C14H25N3O3S/c1-4-12-17(11(9-21-12)13(18)19)14(20)16-7-5-15(6-8-16)10(2)3/h10-12H,4-9H2,1-3H3,(H,18,19). The summed E-state index contributed by atoms with van der Waals surface area (Å²) in [6.45, 7) is 9.39. The van der Waals surface area contributed by atoms with Crippen LogP contribution in [0, 0.1) is 0 Å². The van der Waals surface area contributed by atoms with E-state index in [0.29, 0.717) is 24.9 Å². The number of carboxylic acids is 1. The molecule has 2 heterocycles. The molecule has 2 amide bonds. The van der Waals surface area contributed by atoms with Gasteiger partial charge in [0.25, 0.3) is 0 Å². The summed E-state index contributed by atoms with van der Waals surface area (Å²) >= 11 is 1.57. The Kier molecular flexibility index (Phi) is 5.37. The van der Waals surface area contributed by atoms with Crippen LogP contribution in [0.4, 0.5) is 4.79 Å². The van der Waals surface area contributed by atoms with E-state index in [1.807, 2.05) is 11.8 Å². The number of carbonyl (C=O) groups excluding carboxylic acids is 1. The molecule has 0 aliphatic carbocycles. The second-order valence-corrected chi connectivity index (χ2v) is 7.07. The fourth-order valence-corrected chi connectivity index (χ4v) is 4.26. The monoisotopic (exact) mass is 315 g/mol. The number of aliphatic carboxylic acids is 1. The van der Waals surface area contributed by atoms with Crippen LogP contribution in [-0.2, 0) is 4.79 Å². The van der Waals surface area contributed by atoms with Gasteiger partial charge in [-0.15, -0.1) is 11.8 Å². The Hall–Kier alpha value is -0.950. The summed E-state index contributed by atoms with van der Waals surface area (Å²) in [6, 6.07) is -0.307. The molecule has 2 aliphatic heterocycles. The van der Waals surface area contributed by atoms with Crippen molar-refractivity contribution < 1.29 is 14.7 Å². The van der Waals surface area contributed by atoms with Crippen molar-refractivity contribution in [2.45, 2.75) is 44.6 Å². The zero-order chi connectivity index (χ0) is 15.6. The first-order valence-electron chi connectivity index (χ1n) is 7.61. The average Bonchev–Trinajstić information content (AvgIpc) is 2.90. The Bertz CT molecular complexity index is 397. The quantitative estimate of drug-likeness (QED) is 0.852. The van der Waals surface area contributed by atoms with Crippen LogP contribution in [0.5, 0.6) is 0 Å². The maximum atomic E-state index is 12.7. The van der Waals surface area contributed by atoms with Crippen LogP contribution < -0.4 is 0 Å². The van der Waals surface area contributed by atoms with Gasteiger partial charge in [0, 0.05) is 38.0 Å². The molecule has 2 fully saturated rings. The van der Waals surface area contributed by atoms with Crippen LogP contribution in [0.2, 0.25) is 0 Å². The number of piperazine rings is 1. The van der Waals surface area contributed by atoms with Gasteiger partial charge < -0.3 is 10.0 Å². The van der Waals surface area contributed by atoms with E-state index in [0.717, 1.165) is 19.5 Å². The summed E-state index contributed by atoms with van der Waals surface area (Å²) in [6.07, 6.45) is 0.784. The molecule has 2 saturated heterocycles. The highest BCUT2D eigenvalue weighted by Gasteiger charge is 2.42. The number of hydrogen-bond donors (Lipinski definition) is 1. The third-order valence-corrected chi connectivity index (χ3v) is 5.72. The van der Waals surface area contributed by atoms with Crippen LogP contribution in [0.3, 0.4) is 0 Å². The van der Waals surface area contributed by atoms with Gasteiger partial charge in [0.05, 0.1) is 5.37 Å². The van der Waals surface area contributed by atoms with Crippen molar-refractivity contribution in [1.82, 2.24) is 14.7 Å². The molecule has 0 saturated carbocycles. The van der Waals surface area contributed by atoms with Crippen LogP contribution in [0.1, 0.15) is 27.2 Å². The molecule has 6 nitrogen and oxygen atoms in total. The van der Waals surface area contributed by atoms with Crippen molar-refractivity contribution in [1.29, 1.82) is 0 Å². The van der Waals surface area contributed by atoms with E-state index in [1.54, 1.807) is 16.7 Å². The third kappa shape index (κ3) is 3.45. The number of amides is 2. The molecule has 21 heavy (non-hydrogen) atoms. The van der Waals surface area contributed by atoms with Gasteiger partial charge in [-0.05, 0) is 20.3 Å². The minimum Gasteiger partial charge on any atom is -0.480 e. The van der Waals surface area contributed by atoms with Gasteiger partial charge in [-0.25, -0.2) is 9.59 Å². The smallest absolute Gasteiger partial charge is 0.327 e. The molecule has 0 aromatic carbocycles. The maximum absolute atomic E-state index is 12.7. The largest absolute Gasteiger partial charge is 0.480 e. The highest BCUT2D eigenvalue weighted by Crippen LogP contribution is 2.32. The zero-order valence-electron chi connectivity index (χ0n) is 13.0. The van der Waals surface area contributed by atoms with Gasteiger partial charge in [-0.1, -0.05) is 6.92 Å². The van der Waals surface area contributed by atoms with E-state index in [1.165, 1.54) is 0 Å². The third-order valence-electron chi connectivity index (χ3n) is 4.26. The van der Waals surface area contributed by atoms with Gasteiger partial charge in [-0.2, -0.15) is 0 Å². The number of carbonyl (C=O) groups is 2. The summed E-state index contributed by atoms with van der Waals surface area (Å²) in [5, 5.41) is 9.31. The minimum absolute atomic E-state index is 0.0123. The van der Waals surface area contributed by atoms with Crippen molar-refractivity contribution in [3.05, 3.63) is 0 Å². The first-order chi connectivity index (χ1) is 9.95. The lowest BCUT2D eigenvalue weighted by atomic mass is 10.2. The predicted molar refractivity (Wildman–Crippen MR) is 83.5 cm³/mol. The van der Waals surface area contributed by atoms with Crippen molar-refractivity contribution >= 4 is 23.8 Å². The number of hydrogen-bond acceptors (Lipinski definition) is 4. The van der Waals surface area contributed by atoms with Crippen molar-refractivity contribution in [3.63, 3.8) is 0 Å². The summed E-state index contributed by atoms with van der Waals surface area (Å²) < 4.78 is 0. The Labute approximate surface area is 130 Å². The number of rotatable bonds is 3. The zero-order valence-corrected chi connectivity index (χ0v) is 13.8. The maximum Gasteiger partial charge on any atom is 0.327 e. The van der Waals surface area contributed by atoms with Crippen LogP contribution in [0.15, 0.2) is 0 Å². The summed E-state index contributed by atoms with van der Waals surface area (Å²) in [7, 11) is 0. The van der Waals surface area contributed by atoms with E-state index in [2.05, 4.69) is 18.7 Å². The molecule has 2 unspecified atom stereocenters. The van der Waals surface area contributed by atoms with Gasteiger partial charge in [0.15, 0.2) is 0 Å². The normalized spacial score (nSPS) is 27.4. The van der Waals surface area contributed by atoms with Crippen molar-refractivity contribution in [3.8, 4) is 0 Å². The highest BCUT2D eigenvalue weighted by atomic mass is 32.2. The Morgan fingerprint density at radius 3 is 2.33 bits per heavy atom. The Morgan fingerprint density at radius 1 is 1.24 bits per heavy atom. The predicted octanol–water partition coefficient (Wildman–Crippen LogP) is 1.37. The highest BCUT2D eigenvalue weighted by molar-refractivity contribution is 8.00. The Morgan fingerprint density at radius 2 is 1.86 bits per heavy atom. The number of carboxylic acid groups (broad SMARTS) is 1. The fraction of sp³-hybridized carbons (Fsp3) is 0.857. The van der Waals surface area contributed by atoms with E-state index < -0.39 is 12.0 Å². The molecule has 0 radical (unpaired) electrons. The summed E-state index contributed by atoms with van der Waals surface area (Å²) in [5.41, 5.74) is 0. The van der Waals surface area contributed by atoms with Crippen LogP contribution in [0.25, 0.3) is 0 Å². The van der Waals surface area contributed by atoms with Gasteiger partial charge in [-0.3, -0.25) is 9.80 Å². The summed E-state index contributed by atoms with van der Waals surface area (Å²) in [5.74, 6) is -0.404. The average molecular weight is 315 g/mol. The molecule has 120 valence electrons. The van der Waals surface area contributed by atoms with E-state index >= 15 is 0 Å². The molecule has 0 spiro atoms. The van der Waals surface area contributed by atoms with Crippen LogP contribution >= 0.6 is 11.8 Å². The molecule has 2 rings (SSSR count). The molecule has 0 aromatic heterocycles. The first-order valence-corrected chi connectivity index (χ1v) is 8.66. The summed E-state index contributed by atoms with van der Waals surface area (Å²) in [4.78, 5) is 29.8. The molecule has 2 aliphatic rings. The number of nitrogens with zero attached hydrogens (tertiary/aromatic N) is 3. The Balaban J connectivity index is 2.02. The molecular weight excluding hydrogens is 290 g/mol. The van der Waals surface area contributed by atoms with Gasteiger partial charge in [0.2, 0.25) is 0 Å². The lowest BCUT2D eigenvalue weighted by Crippen LogP contribution is -2.57. The molecule has 0 aromatic rings. The lowest BCUT2D eigenvalue weighted by molar-refractivity contribution is -0.141. The molecule has 7 heteroatoms. The lowest BCUT2D eigenvalue weighted by Gasteiger charge is -2.40. The van der Waals surface area contributed by atoms with Crippen LogP contribution in [-0.4, -0.2) is 81.2 Å². The molecular formula is C14H25N3O3S. The second kappa shape index (κ2) is 6.87. The fourth-order valence-electron chi connectivity index (χ4n) is 2.92. The molecule has 2 atom stereocenters. The molecule has 1 N–H and O–H groups in total. The van der Waals surface area contributed by atoms with E-state index in [4.69, 9.17) is 0 Å². The SMILES string of the molecule is CCC1SCC(C(=O)O)N1C(=O)N1CCN(C(C)C)CC1. The van der Waals surface area contributed by atoms with E-state index in [-0.39, 0.29) is 11.4 Å². The number of urea groups is 1. The van der Waals surface area contributed by atoms with E-state index in [9.17, 15) is 14.7 Å². The van der Waals surface area contributed by atoms with Crippen molar-refractivity contribution in [2.24, 2.45) is 0 Å². The second-order valence-electron chi connectivity index (χ2n) is 5.86. The number of thioether (sulfide) groups is 1. The first kappa shape index (κ1) is 16.4. The minimum atomic E-state index is -0.896. The van der Waals surface area contributed by atoms with Gasteiger partial charge in [0.1, 0.15) is 6.04 Å². The van der Waals surface area contributed by atoms with Crippen molar-refractivity contribution in [2.75, 3.05) is 31.9 Å². The topological polar surface area (TPSA) is 64.1 Å².